The molecule has 0 unspecified atom stereocenters. The number of anilines is 1. The topological polar surface area (TPSA) is 118 Å². The SMILES string of the molecule is CC1(C)CCCN1c1ncc([N+](=O)[O-])cc1C(N)=NO. The highest BCUT2D eigenvalue weighted by atomic mass is 16.6. The minimum Gasteiger partial charge on any atom is -0.409 e. The van der Waals surface area contributed by atoms with Crippen LogP contribution in [0, 0.1) is 10.1 Å². The molecule has 0 spiro atoms. The fourth-order valence-electron chi connectivity index (χ4n) is 2.50. The quantitative estimate of drug-likeness (QED) is 0.284. The zero-order valence-electron chi connectivity index (χ0n) is 11.4. The average Bonchev–Trinajstić information content (AvgIpc) is 2.76. The third kappa shape index (κ3) is 2.36. The number of aromatic nitrogens is 1. The van der Waals surface area contributed by atoms with E-state index in [0.29, 0.717) is 5.82 Å². The maximum absolute atomic E-state index is 10.8. The van der Waals surface area contributed by atoms with Crippen LogP contribution in [0.25, 0.3) is 0 Å². The molecule has 0 saturated carbocycles. The second-order valence-electron chi connectivity index (χ2n) is 5.37. The van der Waals surface area contributed by atoms with Crippen molar-refractivity contribution in [3.8, 4) is 0 Å². The van der Waals surface area contributed by atoms with E-state index in [-0.39, 0.29) is 22.6 Å². The van der Waals surface area contributed by atoms with E-state index in [0.717, 1.165) is 19.4 Å². The average molecular weight is 279 g/mol. The Kier molecular flexibility index (Phi) is 3.47. The maximum atomic E-state index is 10.8. The molecule has 0 radical (unpaired) electrons. The minimum absolute atomic E-state index is 0.117. The molecule has 1 aliphatic heterocycles. The highest BCUT2D eigenvalue weighted by Gasteiger charge is 2.35. The van der Waals surface area contributed by atoms with Crippen molar-refractivity contribution in [2.75, 3.05) is 11.4 Å². The van der Waals surface area contributed by atoms with E-state index in [1.54, 1.807) is 0 Å². The summed E-state index contributed by atoms with van der Waals surface area (Å²) in [5, 5.41) is 22.6. The largest absolute Gasteiger partial charge is 0.409 e. The van der Waals surface area contributed by atoms with Gasteiger partial charge in [0, 0.05) is 18.2 Å². The van der Waals surface area contributed by atoms with Gasteiger partial charge >= 0.3 is 0 Å². The van der Waals surface area contributed by atoms with E-state index in [1.165, 1.54) is 12.3 Å². The second kappa shape index (κ2) is 4.95. The predicted octanol–water partition coefficient (Wildman–Crippen LogP) is 1.46. The van der Waals surface area contributed by atoms with Crippen molar-refractivity contribution in [2.45, 2.75) is 32.2 Å². The van der Waals surface area contributed by atoms with Gasteiger partial charge in [0.1, 0.15) is 12.0 Å². The third-order valence-electron chi connectivity index (χ3n) is 3.60. The molecular formula is C12H17N5O3. The lowest BCUT2D eigenvalue weighted by Gasteiger charge is -2.33. The lowest BCUT2D eigenvalue weighted by Crippen LogP contribution is -2.40. The third-order valence-corrected chi connectivity index (χ3v) is 3.60. The van der Waals surface area contributed by atoms with Gasteiger partial charge in [-0.25, -0.2) is 4.98 Å². The number of nitrogens with two attached hydrogens (primary N) is 1. The zero-order chi connectivity index (χ0) is 14.9. The van der Waals surface area contributed by atoms with Crippen LogP contribution < -0.4 is 10.6 Å². The minimum atomic E-state index is -0.555. The maximum Gasteiger partial charge on any atom is 0.288 e. The molecule has 1 aliphatic rings. The summed E-state index contributed by atoms with van der Waals surface area (Å²) in [5.41, 5.74) is 5.60. The first-order valence-corrected chi connectivity index (χ1v) is 6.27. The number of nitrogens with zero attached hydrogens (tertiary/aromatic N) is 4. The van der Waals surface area contributed by atoms with Crippen LogP contribution >= 0.6 is 0 Å². The van der Waals surface area contributed by atoms with Crippen LogP contribution in [0.2, 0.25) is 0 Å². The van der Waals surface area contributed by atoms with Crippen molar-refractivity contribution in [1.29, 1.82) is 0 Å². The van der Waals surface area contributed by atoms with Gasteiger partial charge in [-0.1, -0.05) is 5.16 Å². The molecule has 1 aromatic heterocycles. The first-order chi connectivity index (χ1) is 9.36. The van der Waals surface area contributed by atoms with Crippen LogP contribution in [0.4, 0.5) is 11.5 Å². The van der Waals surface area contributed by atoms with Gasteiger partial charge in [-0.05, 0) is 26.7 Å². The van der Waals surface area contributed by atoms with Crippen molar-refractivity contribution in [3.05, 3.63) is 27.9 Å². The number of oxime groups is 1. The van der Waals surface area contributed by atoms with Crippen molar-refractivity contribution in [2.24, 2.45) is 10.9 Å². The summed E-state index contributed by atoms with van der Waals surface area (Å²) in [5.74, 6) is 0.326. The van der Waals surface area contributed by atoms with Crippen LogP contribution in [0.1, 0.15) is 32.3 Å². The molecule has 1 saturated heterocycles. The Bertz CT molecular complexity index is 570. The van der Waals surface area contributed by atoms with Crippen molar-refractivity contribution in [1.82, 2.24) is 4.98 Å². The lowest BCUT2D eigenvalue weighted by atomic mass is 10.0. The standard InChI is InChI=1S/C12H17N5O3/c1-12(2)4-3-5-16(12)11-9(10(13)15-18)6-8(7-14-11)17(19)20/h6-7,18H,3-5H2,1-2H3,(H2,13,15). The Balaban J connectivity index is 2.55. The number of rotatable bonds is 3. The summed E-state index contributed by atoms with van der Waals surface area (Å²) in [6.45, 7) is 4.92. The lowest BCUT2D eigenvalue weighted by molar-refractivity contribution is -0.385. The molecule has 8 heteroatoms. The molecule has 1 fully saturated rings. The van der Waals surface area contributed by atoms with Gasteiger partial charge in [0.2, 0.25) is 0 Å². The van der Waals surface area contributed by atoms with Gasteiger partial charge in [-0.3, -0.25) is 10.1 Å². The fraction of sp³-hybridized carbons (Fsp3) is 0.500. The van der Waals surface area contributed by atoms with Crippen LogP contribution in [0.15, 0.2) is 17.4 Å². The van der Waals surface area contributed by atoms with Gasteiger partial charge in [0.05, 0.1) is 10.5 Å². The van der Waals surface area contributed by atoms with Gasteiger partial charge in [-0.15, -0.1) is 0 Å². The summed E-state index contributed by atoms with van der Waals surface area (Å²) in [7, 11) is 0. The van der Waals surface area contributed by atoms with E-state index in [2.05, 4.69) is 24.0 Å². The summed E-state index contributed by atoms with van der Waals surface area (Å²) >= 11 is 0. The van der Waals surface area contributed by atoms with Crippen molar-refractivity contribution < 1.29 is 10.1 Å². The molecule has 2 rings (SSSR count). The predicted molar refractivity (Wildman–Crippen MR) is 74.1 cm³/mol. The van der Waals surface area contributed by atoms with Crippen LogP contribution in [-0.2, 0) is 0 Å². The molecule has 0 aromatic carbocycles. The van der Waals surface area contributed by atoms with Crippen LogP contribution in [-0.4, -0.2) is 33.0 Å². The number of hydrogen-bond acceptors (Lipinski definition) is 6. The van der Waals surface area contributed by atoms with Crippen molar-refractivity contribution in [3.63, 3.8) is 0 Å². The molecule has 0 aliphatic carbocycles. The van der Waals surface area contributed by atoms with E-state index < -0.39 is 4.92 Å². The van der Waals surface area contributed by atoms with Gasteiger partial charge < -0.3 is 15.8 Å². The molecular weight excluding hydrogens is 262 g/mol. The Morgan fingerprint density at radius 1 is 1.65 bits per heavy atom. The van der Waals surface area contributed by atoms with E-state index in [9.17, 15) is 10.1 Å². The van der Waals surface area contributed by atoms with Crippen LogP contribution in [0.5, 0.6) is 0 Å². The highest BCUT2D eigenvalue weighted by Crippen LogP contribution is 2.35. The molecule has 108 valence electrons. The molecule has 1 aromatic rings. The molecule has 0 atom stereocenters. The number of hydrogen-bond donors (Lipinski definition) is 2. The monoisotopic (exact) mass is 279 g/mol. The molecule has 8 nitrogen and oxygen atoms in total. The van der Waals surface area contributed by atoms with Crippen molar-refractivity contribution >= 4 is 17.3 Å². The molecule has 0 bridgehead atoms. The van der Waals surface area contributed by atoms with E-state index >= 15 is 0 Å². The number of pyridine rings is 1. The molecule has 20 heavy (non-hydrogen) atoms. The fourth-order valence-corrected chi connectivity index (χ4v) is 2.50. The summed E-state index contributed by atoms with van der Waals surface area (Å²) in [6, 6.07) is 1.28. The summed E-state index contributed by atoms with van der Waals surface area (Å²) in [4.78, 5) is 16.5. The molecule has 0 amide bonds. The van der Waals surface area contributed by atoms with Gasteiger partial charge in [0.25, 0.3) is 5.69 Å². The Morgan fingerprint density at radius 3 is 2.85 bits per heavy atom. The van der Waals surface area contributed by atoms with Gasteiger partial charge in [0.15, 0.2) is 5.84 Å². The zero-order valence-corrected chi connectivity index (χ0v) is 11.4. The molecule has 3 N–H and O–H groups in total. The number of nitro groups is 1. The van der Waals surface area contributed by atoms with Gasteiger partial charge in [-0.2, -0.15) is 0 Å². The van der Waals surface area contributed by atoms with Crippen LogP contribution in [0.3, 0.4) is 0 Å². The highest BCUT2D eigenvalue weighted by molar-refractivity contribution is 6.02. The summed E-state index contributed by atoms with van der Waals surface area (Å²) in [6.07, 6.45) is 3.18. The first-order valence-electron chi connectivity index (χ1n) is 6.27. The number of amidine groups is 1. The Hall–Kier alpha value is -2.38. The smallest absolute Gasteiger partial charge is 0.288 e. The second-order valence-corrected chi connectivity index (χ2v) is 5.37. The summed E-state index contributed by atoms with van der Waals surface area (Å²) < 4.78 is 0. The van der Waals surface area contributed by atoms with E-state index in [1.807, 2.05) is 4.90 Å². The Labute approximate surface area is 116 Å². The normalized spacial score (nSPS) is 18.3. The Morgan fingerprint density at radius 2 is 2.35 bits per heavy atom. The molecule has 2 heterocycles. The first kappa shape index (κ1) is 14.0. The van der Waals surface area contributed by atoms with E-state index in [4.69, 9.17) is 10.9 Å².